The van der Waals surface area contributed by atoms with Gasteiger partial charge in [0.2, 0.25) is 5.91 Å². The van der Waals surface area contributed by atoms with E-state index >= 15 is 0 Å². The van der Waals surface area contributed by atoms with Crippen LogP contribution in [0.5, 0.6) is 5.75 Å². The van der Waals surface area contributed by atoms with E-state index in [-0.39, 0.29) is 19.0 Å². The molecule has 2 aromatic carbocycles. The highest BCUT2D eigenvalue weighted by molar-refractivity contribution is 5.96. The molecule has 2 N–H and O–H groups in total. The number of nitrogens with one attached hydrogen (secondary N) is 2. The van der Waals surface area contributed by atoms with Gasteiger partial charge in [0.1, 0.15) is 11.6 Å². The summed E-state index contributed by atoms with van der Waals surface area (Å²) in [4.78, 5) is 50.8. The summed E-state index contributed by atoms with van der Waals surface area (Å²) >= 11 is 0. The Kier molecular flexibility index (Phi) is 8.77. The summed E-state index contributed by atoms with van der Waals surface area (Å²) in [6, 6.07) is 10.5. The van der Waals surface area contributed by atoms with Crippen molar-refractivity contribution in [2.75, 3.05) is 38.7 Å². The number of aryl methyl sites for hydroxylation is 1. The molecule has 35 heavy (non-hydrogen) atoms. The quantitative estimate of drug-likeness (QED) is 0.555. The summed E-state index contributed by atoms with van der Waals surface area (Å²) < 4.78 is 23.4. The average Bonchev–Trinajstić information content (AvgIpc) is 2.86. The van der Waals surface area contributed by atoms with E-state index in [0.717, 1.165) is 5.56 Å². The standard InChI is InChI=1S/C25H28FN3O6/c1-16-5-10-21(34-2)20(12-16)28-22(30)13-27-23(31)15-35-25(33)18-4-3-11-29(14-18)24(32)17-6-8-19(26)9-7-17/h5-10,12,18H,3-4,11,13-15H2,1-2H3,(H,27,31)(H,28,30). The fraction of sp³-hybridized carbons (Fsp3) is 0.360. The molecule has 1 atom stereocenters. The highest BCUT2D eigenvalue weighted by Crippen LogP contribution is 2.25. The number of anilines is 1. The zero-order chi connectivity index (χ0) is 25.4. The second-order valence-corrected chi connectivity index (χ2v) is 8.23. The van der Waals surface area contributed by atoms with Gasteiger partial charge in [0, 0.05) is 18.7 Å². The number of amides is 3. The van der Waals surface area contributed by atoms with Crippen molar-refractivity contribution < 1.29 is 33.0 Å². The van der Waals surface area contributed by atoms with E-state index in [9.17, 15) is 23.6 Å². The van der Waals surface area contributed by atoms with E-state index in [4.69, 9.17) is 9.47 Å². The molecule has 1 aliphatic rings. The first-order valence-electron chi connectivity index (χ1n) is 11.2. The van der Waals surface area contributed by atoms with Gasteiger partial charge in [0.15, 0.2) is 6.61 Å². The van der Waals surface area contributed by atoms with Crippen molar-refractivity contribution in [2.45, 2.75) is 19.8 Å². The van der Waals surface area contributed by atoms with Crippen molar-refractivity contribution in [1.82, 2.24) is 10.2 Å². The van der Waals surface area contributed by atoms with Crippen LogP contribution < -0.4 is 15.4 Å². The molecule has 2 aromatic rings. The number of nitrogens with zero attached hydrogens (tertiary/aromatic N) is 1. The second-order valence-electron chi connectivity index (χ2n) is 8.23. The molecule has 1 unspecified atom stereocenters. The molecule has 0 saturated carbocycles. The lowest BCUT2D eigenvalue weighted by molar-refractivity contribution is -0.153. The molecule has 9 nitrogen and oxygen atoms in total. The molecule has 3 amide bonds. The number of methoxy groups -OCH3 is 1. The van der Waals surface area contributed by atoms with Gasteiger partial charge >= 0.3 is 5.97 Å². The molecule has 1 fully saturated rings. The van der Waals surface area contributed by atoms with E-state index in [1.54, 1.807) is 12.1 Å². The fourth-order valence-corrected chi connectivity index (χ4v) is 3.73. The summed E-state index contributed by atoms with van der Waals surface area (Å²) in [5, 5.41) is 5.06. The Morgan fingerprint density at radius 3 is 2.54 bits per heavy atom. The normalized spacial score (nSPS) is 15.2. The number of likely N-dealkylation sites (tertiary alicyclic amines) is 1. The molecule has 3 rings (SSSR count). The van der Waals surface area contributed by atoms with Crippen molar-refractivity contribution in [3.63, 3.8) is 0 Å². The summed E-state index contributed by atoms with van der Waals surface area (Å²) in [5.41, 5.74) is 1.74. The van der Waals surface area contributed by atoms with Crippen LogP contribution in [0.1, 0.15) is 28.8 Å². The van der Waals surface area contributed by atoms with Crippen LogP contribution in [0, 0.1) is 18.7 Å². The van der Waals surface area contributed by atoms with Gasteiger partial charge in [0.05, 0.1) is 25.3 Å². The fourth-order valence-electron chi connectivity index (χ4n) is 3.73. The molecule has 0 aliphatic carbocycles. The number of ether oxygens (including phenoxy) is 2. The minimum absolute atomic E-state index is 0.150. The van der Waals surface area contributed by atoms with Crippen LogP contribution >= 0.6 is 0 Å². The van der Waals surface area contributed by atoms with Crippen LogP contribution in [0.25, 0.3) is 0 Å². The zero-order valence-electron chi connectivity index (χ0n) is 19.6. The summed E-state index contributed by atoms with van der Waals surface area (Å²) in [6.07, 6.45) is 1.12. The van der Waals surface area contributed by atoms with E-state index in [1.165, 1.54) is 36.3 Å². The van der Waals surface area contributed by atoms with Gasteiger partial charge in [-0.25, -0.2) is 4.39 Å². The van der Waals surface area contributed by atoms with Gasteiger partial charge in [-0.2, -0.15) is 0 Å². The summed E-state index contributed by atoms with van der Waals surface area (Å²) in [7, 11) is 1.49. The Hall–Kier alpha value is -3.95. The molecular formula is C25H28FN3O6. The van der Waals surface area contributed by atoms with Gasteiger partial charge in [0.25, 0.3) is 11.8 Å². The van der Waals surface area contributed by atoms with E-state index in [1.807, 2.05) is 13.0 Å². The lowest BCUT2D eigenvalue weighted by Crippen LogP contribution is -2.43. The van der Waals surface area contributed by atoms with Gasteiger partial charge in [-0.15, -0.1) is 0 Å². The third-order valence-corrected chi connectivity index (χ3v) is 5.55. The van der Waals surface area contributed by atoms with Crippen LogP contribution in [0.4, 0.5) is 10.1 Å². The molecule has 0 spiro atoms. The van der Waals surface area contributed by atoms with E-state index in [2.05, 4.69) is 10.6 Å². The topological polar surface area (TPSA) is 114 Å². The highest BCUT2D eigenvalue weighted by Gasteiger charge is 2.30. The number of halogens is 1. The van der Waals surface area contributed by atoms with Crippen LogP contribution in [0.2, 0.25) is 0 Å². The van der Waals surface area contributed by atoms with E-state index < -0.39 is 36.1 Å². The Balaban J connectivity index is 1.43. The molecule has 186 valence electrons. The molecule has 1 heterocycles. The minimum atomic E-state index is -0.625. The molecule has 1 aliphatic heterocycles. The first-order valence-corrected chi connectivity index (χ1v) is 11.2. The lowest BCUT2D eigenvalue weighted by Gasteiger charge is -2.31. The van der Waals surface area contributed by atoms with Crippen LogP contribution in [-0.4, -0.2) is 61.9 Å². The van der Waals surface area contributed by atoms with Crippen LogP contribution in [0.15, 0.2) is 42.5 Å². The van der Waals surface area contributed by atoms with Crippen molar-refractivity contribution in [3.05, 3.63) is 59.4 Å². The summed E-state index contributed by atoms with van der Waals surface area (Å²) in [6.45, 7) is 1.65. The molecule has 0 bridgehead atoms. The monoisotopic (exact) mass is 485 g/mol. The minimum Gasteiger partial charge on any atom is -0.495 e. The summed E-state index contributed by atoms with van der Waals surface area (Å²) in [5.74, 6) is -2.49. The maximum absolute atomic E-state index is 13.1. The van der Waals surface area contributed by atoms with Crippen molar-refractivity contribution in [1.29, 1.82) is 0 Å². The third kappa shape index (κ3) is 7.26. The molecular weight excluding hydrogens is 457 g/mol. The van der Waals surface area contributed by atoms with Crippen LogP contribution in [-0.2, 0) is 19.1 Å². The zero-order valence-corrected chi connectivity index (χ0v) is 19.6. The predicted molar refractivity (Wildman–Crippen MR) is 125 cm³/mol. The first-order chi connectivity index (χ1) is 16.8. The van der Waals surface area contributed by atoms with Gasteiger partial charge in [-0.05, 0) is 61.7 Å². The number of benzene rings is 2. The number of piperidine rings is 1. The molecule has 10 heteroatoms. The smallest absolute Gasteiger partial charge is 0.311 e. The molecule has 0 aromatic heterocycles. The molecule has 0 radical (unpaired) electrons. The Bertz CT molecular complexity index is 1090. The van der Waals surface area contributed by atoms with E-state index in [0.29, 0.717) is 36.4 Å². The van der Waals surface area contributed by atoms with Crippen molar-refractivity contribution in [3.8, 4) is 5.75 Å². The SMILES string of the molecule is COc1ccc(C)cc1NC(=O)CNC(=O)COC(=O)C1CCCN(C(=O)c2ccc(F)cc2)C1. The van der Waals surface area contributed by atoms with Gasteiger partial charge in [-0.1, -0.05) is 6.07 Å². The largest absolute Gasteiger partial charge is 0.495 e. The second kappa shape index (κ2) is 12.0. The Morgan fingerprint density at radius 2 is 1.83 bits per heavy atom. The number of carbonyl (C=O) groups excluding carboxylic acids is 4. The lowest BCUT2D eigenvalue weighted by atomic mass is 9.97. The maximum atomic E-state index is 13.1. The van der Waals surface area contributed by atoms with Crippen LogP contribution in [0.3, 0.4) is 0 Å². The highest BCUT2D eigenvalue weighted by atomic mass is 19.1. The number of hydrogen-bond acceptors (Lipinski definition) is 6. The average molecular weight is 486 g/mol. The number of rotatable bonds is 8. The number of hydrogen-bond donors (Lipinski definition) is 2. The van der Waals surface area contributed by atoms with Crippen molar-refractivity contribution >= 4 is 29.4 Å². The Morgan fingerprint density at radius 1 is 1.09 bits per heavy atom. The molecule has 1 saturated heterocycles. The maximum Gasteiger partial charge on any atom is 0.311 e. The Labute approximate surface area is 202 Å². The first kappa shape index (κ1) is 25.7. The predicted octanol–water partition coefficient (Wildman–Crippen LogP) is 2.29. The number of carbonyl (C=O) groups is 4. The van der Waals surface area contributed by atoms with Crippen molar-refractivity contribution in [2.24, 2.45) is 5.92 Å². The van der Waals surface area contributed by atoms with Gasteiger partial charge < -0.3 is 25.0 Å². The number of esters is 1. The van der Waals surface area contributed by atoms with Gasteiger partial charge in [-0.3, -0.25) is 19.2 Å². The third-order valence-electron chi connectivity index (χ3n) is 5.55.